The minimum atomic E-state index is -0.159. The molecule has 2 N–H and O–H groups in total. The highest BCUT2D eigenvalue weighted by atomic mass is 79.9. The molecule has 0 atom stereocenters. The lowest BCUT2D eigenvalue weighted by atomic mass is 10.3. The summed E-state index contributed by atoms with van der Waals surface area (Å²) in [7, 11) is 0. The highest BCUT2D eigenvalue weighted by Crippen LogP contribution is 2.35. The number of anilines is 1. The molecule has 0 bridgehead atoms. The summed E-state index contributed by atoms with van der Waals surface area (Å²) in [5, 5.41) is 6.22. The van der Waals surface area contributed by atoms with E-state index in [1.807, 2.05) is 25.1 Å². The van der Waals surface area contributed by atoms with Gasteiger partial charge in [-0.15, -0.1) is 34.0 Å². The summed E-state index contributed by atoms with van der Waals surface area (Å²) in [5.41, 5.74) is 0.867. The molecule has 0 aliphatic heterocycles. The van der Waals surface area contributed by atoms with Crippen molar-refractivity contribution in [2.24, 2.45) is 0 Å². The lowest BCUT2D eigenvalue weighted by Gasteiger charge is -1.98. The molecule has 0 unspecified atom stereocenters. The molecular formula is C16H14BrN3O2S3. The van der Waals surface area contributed by atoms with E-state index in [1.165, 1.54) is 29.6 Å². The van der Waals surface area contributed by atoms with E-state index < -0.39 is 0 Å². The zero-order valence-corrected chi connectivity index (χ0v) is 17.4. The van der Waals surface area contributed by atoms with Crippen LogP contribution in [0.25, 0.3) is 10.6 Å². The first kappa shape index (κ1) is 18.2. The molecule has 0 fully saturated rings. The van der Waals surface area contributed by atoms with Gasteiger partial charge in [0.25, 0.3) is 5.91 Å². The number of aromatic nitrogens is 1. The van der Waals surface area contributed by atoms with Gasteiger partial charge >= 0.3 is 0 Å². The summed E-state index contributed by atoms with van der Waals surface area (Å²) in [6.07, 6.45) is 0. The lowest BCUT2D eigenvalue weighted by Crippen LogP contribution is -2.17. The maximum atomic E-state index is 12.2. The first-order valence-corrected chi connectivity index (χ1v) is 10.5. The zero-order valence-electron chi connectivity index (χ0n) is 13.4. The molecule has 0 aliphatic carbocycles. The number of hydrogen-bond donors (Lipinski definition) is 2. The van der Waals surface area contributed by atoms with E-state index in [0.29, 0.717) is 16.6 Å². The van der Waals surface area contributed by atoms with Crippen LogP contribution in [0.1, 0.15) is 26.3 Å². The van der Waals surface area contributed by atoms with Crippen molar-refractivity contribution in [1.82, 2.24) is 10.3 Å². The fourth-order valence-electron chi connectivity index (χ4n) is 2.09. The van der Waals surface area contributed by atoms with Gasteiger partial charge in [-0.05, 0) is 47.1 Å². The smallest absolute Gasteiger partial charge is 0.267 e. The number of carbonyl (C=O) groups is 2. The van der Waals surface area contributed by atoms with Crippen LogP contribution in [0.15, 0.2) is 28.1 Å². The second-order valence-corrected chi connectivity index (χ2v) is 9.99. The number of hydrogen-bond acceptors (Lipinski definition) is 6. The van der Waals surface area contributed by atoms with Gasteiger partial charge in [-0.3, -0.25) is 14.9 Å². The van der Waals surface area contributed by atoms with E-state index in [-0.39, 0.29) is 11.8 Å². The van der Waals surface area contributed by atoms with Gasteiger partial charge in [0.2, 0.25) is 5.91 Å². The van der Waals surface area contributed by atoms with Crippen molar-refractivity contribution >= 4 is 66.9 Å². The van der Waals surface area contributed by atoms with E-state index in [1.54, 1.807) is 17.4 Å². The highest BCUT2D eigenvalue weighted by molar-refractivity contribution is 9.11. The van der Waals surface area contributed by atoms with E-state index in [2.05, 4.69) is 31.5 Å². The van der Waals surface area contributed by atoms with Crippen molar-refractivity contribution in [3.8, 4) is 10.6 Å². The third-order valence-electron chi connectivity index (χ3n) is 3.22. The molecule has 0 aromatic carbocycles. The van der Waals surface area contributed by atoms with Gasteiger partial charge in [-0.2, -0.15) is 0 Å². The van der Waals surface area contributed by atoms with Gasteiger partial charge in [0.15, 0.2) is 5.13 Å². The average Bonchev–Trinajstić information content (AvgIpc) is 3.25. The van der Waals surface area contributed by atoms with Gasteiger partial charge in [0.1, 0.15) is 0 Å². The molecule has 2 amide bonds. The second kappa shape index (κ2) is 7.77. The SMILES string of the molecule is CC(=O)NCc1ccc(-c2nc(NC(=O)c3ccc(Br)s3)sc2C)s1. The molecular weight excluding hydrogens is 442 g/mol. The number of halogens is 1. The number of amides is 2. The monoisotopic (exact) mass is 455 g/mol. The number of thiazole rings is 1. The van der Waals surface area contributed by atoms with Crippen molar-refractivity contribution in [3.05, 3.63) is 42.7 Å². The first-order valence-electron chi connectivity index (χ1n) is 7.30. The van der Waals surface area contributed by atoms with E-state index in [4.69, 9.17) is 0 Å². The van der Waals surface area contributed by atoms with Crippen LogP contribution < -0.4 is 10.6 Å². The Balaban J connectivity index is 1.74. The predicted molar refractivity (Wildman–Crippen MR) is 108 cm³/mol. The molecule has 0 saturated carbocycles. The quantitative estimate of drug-likeness (QED) is 0.574. The van der Waals surface area contributed by atoms with Gasteiger partial charge in [0.05, 0.1) is 25.8 Å². The summed E-state index contributed by atoms with van der Waals surface area (Å²) in [6.45, 7) is 4.00. The largest absolute Gasteiger partial charge is 0.351 e. The van der Waals surface area contributed by atoms with Gasteiger partial charge in [0, 0.05) is 16.7 Å². The Morgan fingerprint density at radius 2 is 1.96 bits per heavy atom. The Bertz CT molecular complexity index is 929. The molecule has 25 heavy (non-hydrogen) atoms. The van der Waals surface area contributed by atoms with Gasteiger partial charge in [-0.25, -0.2) is 4.98 Å². The number of thiophene rings is 2. The van der Waals surface area contributed by atoms with Crippen LogP contribution in [-0.2, 0) is 11.3 Å². The van der Waals surface area contributed by atoms with Crippen LogP contribution in [-0.4, -0.2) is 16.8 Å². The van der Waals surface area contributed by atoms with Gasteiger partial charge < -0.3 is 5.32 Å². The Labute approximate surface area is 165 Å². The van der Waals surface area contributed by atoms with Crippen LogP contribution in [0.3, 0.4) is 0 Å². The van der Waals surface area contributed by atoms with Crippen LogP contribution >= 0.6 is 49.9 Å². The van der Waals surface area contributed by atoms with Crippen molar-refractivity contribution in [2.75, 3.05) is 5.32 Å². The number of nitrogens with zero attached hydrogens (tertiary/aromatic N) is 1. The van der Waals surface area contributed by atoms with Crippen LogP contribution in [0.5, 0.6) is 0 Å². The van der Waals surface area contributed by atoms with Crippen molar-refractivity contribution in [1.29, 1.82) is 0 Å². The highest BCUT2D eigenvalue weighted by Gasteiger charge is 2.15. The number of carbonyl (C=O) groups excluding carboxylic acids is 2. The first-order chi connectivity index (χ1) is 11.9. The molecule has 9 heteroatoms. The van der Waals surface area contributed by atoms with E-state index in [9.17, 15) is 9.59 Å². The number of nitrogens with one attached hydrogen (secondary N) is 2. The second-order valence-electron chi connectivity index (χ2n) is 5.16. The Morgan fingerprint density at radius 3 is 2.64 bits per heavy atom. The Morgan fingerprint density at radius 1 is 1.16 bits per heavy atom. The number of rotatable bonds is 5. The molecule has 3 aromatic heterocycles. The molecule has 130 valence electrons. The normalized spacial score (nSPS) is 10.7. The molecule has 3 heterocycles. The molecule has 5 nitrogen and oxygen atoms in total. The number of aryl methyl sites for hydroxylation is 1. The molecule has 3 rings (SSSR count). The predicted octanol–water partition coefficient (Wildman–Crippen LogP) is 4.89. The summed E-state index contributed by atoms with van der Waals surface area (Å²) in [6, 6.07) is 7.60. The maximum absolute atomic E-state index is 12.2. The fraction of sp³-hybridized carbons (Fsp3) is 0.188. The lowest BCUT2D eigenvalue weighted by molar-refractivity contribution is -0.119. The zero-order chi connectivity index (χ0) is 18.0. The Kier molecular flexibility index (Phi) is 5.67. The molecule has 0 aliphatic rings. The summed E-state index contributed by atoms with van der Waals surface area (Å²) >= 11 is 7.78. The van der Waals surface area contributed by atoms with E-state index >= 15 is 0 Å². The standard InChI is InChI=1S/C16H14BrN3O2S3/c1-8-14(11-4-3-10(24-11)7-18-9(2)21)19-16(23-8)20-15(22)12-5-6-13(17)25-12/h3-6H,7H2,1-2H3,(H,18,21)(H,19,20,22). The third-order valence-corrected chi connectivity index (χ3v) is 6.82. The summed E-state index contributed by atoms with van der Waals surface area (Å²) in [5.74, 6) is -0.210. The van der Waals surface area contributed by atoms with Crippen LogP contribution in [0, 0.1) is 6.92 Å². The minimum absolute atomic E-state index is 0.0509. The topological polar surface area (TPSA) is 71.1 Å². The fourth-order valence-corrected chi connectivity index (χ4v) is 5.25. The van der Waals surface area contributed by atoms with Crippen molar-refractivity contribution < 1.29 is 9.59 Å². The molecule has 0 spiro atoms. The van der Waals surface area contributed by atoms with Crippen LogP contribution in [0.2, 0.25) is 0 Å². The molecule has 0 saturated heterocycles. The summed E-state index contributed by atoms with van der Waals surface area (Å²) in [4.78, 5) is 31.6. The van der Waals surface area contributed by atoms with Crippen molar-refractivity contribution in [3.63, 3.8) is 0 Å². The molecule has 0 radical (unpaired) electrons. The van der Waals surface area contributed by atoms with Crippen molar-refractivity contribution in [2.45, 2.75) is 20.4 Å². The molecule has 3 aromatic rings. The third kappa shape index (κ3) is 4.55. The minimum Gasteiger partial charge on any atom is -0.351 e. The van der Waals surface area contributed by atoms with Gasteiger partial charge in [-0.1, -0.05) is 0 Å². The average molecular weight is 456 g/mol. The summed E-state index contributed by atoms with van der Waals surface area (Å²) < 4.78 is 0.916. The Hall–Kier alpha value is -1.55. The van der Waals surface area contributed by atoms with Crippen LogP contribution in [0.4, 0.5) is 5.13 Å². The maximum Gasteiger partial charge on any atom is 0.267 e. The van der Waals surface area contributed by atoms with E-state index in [0.717, 1.165) is 24.1 Å².